The van der Waals surface area contributed by atoms with Gasteiger partial charge in [-0.15, -0.1) is 0 Å². The van der Waals surface area contributed by atoms with E-state index in [2.05, 4.69) is 12.1 Å². The van der Waals surface area contributed by atoms with Crippen molar-refractivity contribution >= 4 is 5.97 Å². The maximum absolute atomic E-state index is 11.8. The second-order valence-electron chi connectivity index (χ2n) is 4.56. The number of ether oxygens (including phenoxy) is 1. The highest BCUT2D eigenvalue weighted by Crippen LogP contribution is 2.37. The molecule has 3 nitrogen and oxygen atoms in total. The highest BCUT2D eigenvalue weighted by Gasteiger charge is 2.33. The van der Waals surface area contributed by atoms with Gasteiger partial charge in [-0.25, -0.2) is 0 Å². The third kappa shape index (κ3) is 2.38. The molecule has 0 aliphatic heterocycles. The average molecular weight is 243 g/mol. The summed E-state index contributed by atoms with van der Waals surface area (Å²) in [6.07, 6.45) is 2.95. The van der Waals surface area contributed by atoms with Gasteiger partial charge in [-0.3, -0.25) is 4.79 Å². The monoisotopic (exact) mass is 243 g/mol. The fraction of sp³-hybridized carbons (Fsp3) is 0.467. The van der Waals surface area contributed by atoms with Gasteiger partial charge in [0.2, 0.25) is 0 Å². The molecule has 0 aromatic heterocycles. The molecule has 94 valence electrons. The zero-order valence-electron chi connectivity index (χ0n) is 10.6. The molecule has 2 atom stereocenters. The smallest absolute Gasteiger partial charge is 0.323 e. The fourth-order valence-corrected chi connectivity index (χ4v) is 2.68. The van der Waals surface area contributed by atoms with Gasteiger partial charge in [-0.1, -0.05) is 24.3 Å². The van der Waals surface area contributed by atoms with E-state index in [0.29, 0.717) is 6.61 Å². The number of hydrogen-bond donors (Lipinski definition) is 0. The van der Waals surface area contributed by atoms with Crippen LogP contribution in [0, 0.1) is 17.2 Å². The minimum absolute atomic E-state index is 0.0148. The average Bonchev–Trinajstić information content (AvgIpc) is 2.40. The molecule has 0 spiro atoms. The van der Waals surface area contributed by atoms with Crippen molar-refractivity contribution in [3.63, 3.8) is 0 Å². The van der Waals surface area contributed by atoms with Gasteiger partial charge in [0.25, 0.3) is 0 Å². The molecule has 1 aromatic carbocycles. The number of aryl methyl sites for hydroxylation is 1. The van der Waals surface area contributed by atoms with Crippen LogP contribution in [0.2, 0.25) is 0 Å². The molecule has 0 N–H and O–H groups in total. The first-order valence-electron chi connectivity index (χ1n) is 6.42. The number of carbonyl (C=O) groups is 1. The number of nitriles is 1. The van der Waals surface area contributed by atoms with Gasteiger partial charge >= 0.3 is 5.97 Å². The summed E-state index contributed by atoms with van der Waals surface area (Å²) in [5, 5.41) is 9.25. The normalized spacial score (nSPS) is 19.4. The molecular weight excluding hydrogens is 226 g/mol. The maximum Gasteiger partial charge on any atom is 0.323 e. The molecule has 1 aliphatic carbocycles. The van der Waals surface area contributed by atoms with Crippen LogP contribution < -0.4 is 0 Å². The first-order valence-corrected chi connectivity index (χ1v) is 6.42. The van der Waals surface area contributed by atoms with Gasteiger partial charge in [0.1, 0.15) is 0 Å². The van der Waals surface area contributed by atoms with Crippen molar-refractivity contribution in [3.8, 4) is 6.07 Å². The molecule has 0 saturated carbocycles. The Balaban J connectivity index is 2.29. The summed E-state index contributed by atoms with van der Waals surface area (Å²) < 4.78 is 5.00. The Morgan fingerprint density at radius 3 is 3.06 bits per heavy atom. The van der Waals surface area contributed by atoms with Crippen molar-refractivity contribution in [1.82, 2.24) is 0 Å². The van der Waals surface area contributed by atoms with Crippen molar-refractivity contribution < 1.29 is 9.53 Å². The quantitative estimate of drug-likeness (QED) is 0.767. The van der Waals surface area contributed by atoms with Gasteiger partial charge < -0.3 is 4.74 Å². The van der Waals surface area contributed by atoms with Crippen LogP contribution in [0.4, 0.5) is 0 Å². The molecule has 0 bridgehead atoms. The number of esters is 1. The van der Waals surface area contributed by atoms with Gasteiger partial charge in [-0.05, 0) is 37.3 Å². The standard InChI is InChI=1S/C15H17NO2/c1-2-18-15(17)14(10-16)13-9-5-7-11-6-3-4-8-12(11)13/h3-4,6,8,13-14H,2,5,7,9H2,1H3. The molecule has 0 saturated heterocycles. The molecule has 0 amide bonds. The lowest BCUT2D eigenvalue weighted by molar-refractivity contribution is -0.146. The van der Waals surface area contributed by atoms with Crippen LogP contribution in [0.1, 0.15) is 36.8 Å². The summed E-state index contributed by atoms with van der Waals surface area (Å²) >= 11 is 0. The molecular formula is C15H17NO2. The fourth-order valence-electron chi connectivity index (χ4n) is 2.68. The Hall–Kier alpha value is -1.82. The van der Waals surface area contributed by atoms with E-state index in [0.717, 1.165) is 24.8 Å². The van der Waals surface area contributed by atoms with Gasteiger partial charge in [0.15, 0.2) is 5.92 Å². The zero-order valence-corrected chi connectivity index (χ0v) is 10.6. The van der Waals surface area contributed by atoms with Crippen molar-refractivity contribution in [2.75, 3.05) is 6.61 Å². The second-order valence-corrected chi connectivity index (χ2v) is 4.56. The molecule has 1 aliphatic rings. The van der Waals surface area contributed by atoms with E-state index in [-0.39, 0.29) is 11.9 Å². The molecule has 18 heavy (non-hydrogen) atoms. The Kier molecular flexibility index (Phi) is 3.99. The minimum Gasteiger partial charge on any atom is -0.465 e. The summed E-state index contributed by atoms with van der Waals surface area (Å²) in [6, 6.07) is 10.2. The summed E-state index contributed by atoms with van der Waals surface area (Å²) in [5.74, 6) is -1.08. The second kappa shape index (κ2) is 5.68. The highest BCUT2D eigenvalue weighted by molar-refractivity contribution is 5.76. The molecule has 3 heteroatoms. The number of nitrogens with zero attached hydrogens (tertiary/aromatic N) is 1. The van der Waals surface area contributed by atoms with E-state index in [1.54, 1.807) is 6.92 Å². The summed E-state index contributed by atoms with van der Waals surface area (Å²) in [6.45, 7) is 2.09. The predicted octanol–water partition coefficient (Wildman–Crippen LogP) is 2.81. The van der Waals surface area contributed by atoms with E-state index >= 15 is 0 Å². The number of fused-ring (bicyclic) bond motifs is 1. The van der Waals surface area contributed by atoms with Crippen molar-refractivity contribution in [1.29, 1.82) is 5.26 Å². The molecule has 0 heterocycles. The van der Waals surface area contributed by atoms with E-state index in [9.17, 15) is 10.1 Å². The molecule has 2 rings (SSSR count). The van der Waals surface area contributed by atoms with Crippen LogP contribution in [0.5, 0.6) is 0 Å². The molecule has 0 radical (unpaired) electrons. The lowest BCUT2D eigenvalue weighted by Gasteiger charge is -2.27. The first kappa shape index (κ1) is 12.6. The molecule has 1 aromatic rings. The Morgan fingerprint density at radius 1 is 1.56 bits per heavy atom. The van der Waals surface area contributed by atoms with Crippen LogP contribution in [0.3, 0.4) is 0 Å². The maximum atomic E-state index is 11.8. The topological polar surface area (TPSA) is 50.1 Å². The Bertz CT molecular complexity index is 476. The van der Waals surface area contributed by atoms with E-state index < -0.39 is 5.92 Å². The lowest BCUT2D eigenvalue weighted by atomic mass is 9.76. The summed E-state index contributed by atoms with van der Waals surface area (Å²) in [5.41, 5.74) is 2.40. The van der Waals surface area contributed by atoms with Crippen molar-refractivity contribution in [2.24, 2.45) is 5.92 Å². The van der Waals surface area contributed by atoms with Crippen LogP contribution in [-0.2, 0) is 16.0 Å². The van der Waals surface area contributed by atoms with Gasteiger partial charge in [0.05, 0.1) is 12.7 Å². The van der Waals surface area contributed by atoms with Gasteiger partial charge in [0, 0.05) is 5.92 Å². The lowest BCUT2D eigenvalue weighted by Crippen LogP contribution is -2.26. The molecule has 2 unspecified atom stereocenters. The largest absolute Gasteiger partial charge is 0.465 e. The first-order chi connectivity index (χ1) is 8.77. The van der Waals surface area contributed by atoms with E-state index in [1.165, 1.54) is 5.56 Å². The summed E-state index contributed by atoms with van der Waals surface area (Å²) in [7, 11) is 0. The number of hydrogen-bond acceptors (Lipinski definition) is 3. The zero-order chi connectivity index (χ0) is 13.0. The Morgan fingerprint density at radius 2 is 2.33 bits per heavy atom. The third-order valence-corrected chi connectivity index (χ3v) is 3.50. The summed E-state index contributed by atoms with van der Waals surface area (Å²) in [4.78, 5) is 11.8. The SMILES string of the molecule is CCOC(=O)C(C#N)C1CCCc2ccccc21. The number of benzene rings is 1. The minimum atomic E-state index is -0.675. The van der Waals surface area contributed by atoms with Crippen molar-refractivity contribution in [2.45, 2.75) is 32.1 Å². The number of rotatable bonds is 3. The van der Waals surface area contributed by atoms with E-state index in [1.807, 2.05) is 18.2 Å². The van der Waals surface area contributed by atoms with Crippen LogP contribution in [0.15, 0.2) is 24.3 Å². The predicted molar refractivity (Wildman–Crippen MR) is 67.9 cm³/mol. The molecule has 0 fully saturated rings. The highest BCUT2D eigenvalue weighted by atomic mass is 16.5. The van der Waals surface area contributed by atoms with E-state index in [4.69, 9.17) is 4.74 Å². The van der Waals surface area contributed by atoms with Gasteiger partial charge in [-0.2, -0.15) is 5.26 Å². The van der Waals surface area contributed by atoms with Crippen LogP contribution in [0.25, 0.3) is 0 Å². The van der Waals surface area contributed by atoms with Crippen molar-refractivity contribution in [3.05, 3.63) is 35.4 Å². The third-order valence-electron chi connectivity index (χ3n) is 3.50. The number of carbonyl (C=O) groups excluding carboxylic acids is 1. The van der Waals surface area contributed by atoms with Crippen LogP contribution in [-0.4, -0.2) is 12.6 Å². The van der Waals surface area contributed by atoms with Crippen LogP contribution >= 0.6 is 0 Å². The Labute approximate surface area is 107 Å².